The van der Waals surface area contributed by atoms with Crippen LogP contribution < -0.4 is 19.5 Å². The third-order valence-corrected chi connectivity index (χ3v) is 4.94. The molecule has 31 heavy (non-hydrogen) atoms. The van der Waals surface area contributed by atoms with Gasteiger partial charge in [0, 0.05) is 35.5 Å². The van der Waals surface area contributed by atoms with Gasteiger partial charge in [0.25, 0.3) is 0 Å². The van der Waals surface area contributed by atoms with Gasteiger partial charge in [0.15, 0.2) is 22.9 Å². The first-order valence-electron chi connectivity index (χ1n) is 9.61. The summed E-state index contributed by atoms with van der Waals surface area (Å²) in [6.45, 7) is 0. The number of ether oxygens (including phenoxy) is 3. The van der Waals surface area contributed by atoms with E-state index in [1.54, 1.807) is 25.8 Å². The third-order valence-electron chi connectivity index (χ3n) is 4.94. The van der Waals surface area contributed by atoms with Crippen LogP contribution in [0.2, 0.25) is 0 Å². The molecule has 0 atom stereocenters. The summed E-state index contributed by atoms with van der Waals surface area (Å²) in [6, 6.07) is 17.2. The number of anilines is 2. The molecule has 0 aliphatic carbocycles. The van der Waals surface area contributed by atoms with Gasteiger partial charge in [-0.15, -0.1) is 0 Å². The summed E-state index contributed by atoms with van der Waals surface area (Å²) in [6.07, 6.45) is 1.84. The molecular formula is C23H20N4O4. The van der Waals surface area contributed by atoms with Gasteiger partial charge in [-0.1, -0.05) is 18.2 Å². The van der Waals surface area contributed by atoms with Gasteiger partial charge < -0.3 is 23.9 Å². The van der Waals surface area contributed by atoms with Gasteiger partial charge in [-0.3, -0.25) is 0 Å². The summed E-state index contributed by atoms with van der Waals surface area (Å²) in [4.78, 5) is 4.66. The Morgan fingerprint density at radius 3 is 2.39 bits per heavy atom. The van der Waals surface area contributed by atoms with E-state index in [2.05, 4.69) is 15.4 Å². The zero-order valence-electron chi connectivity index (χ0n) is 17.2. The van der Waals surface area contributed by atoms with Crippen molar-refractivity contribution in [1.82, 2.24) is 14.6 Å². The van der Waals surface area contributed by atoms with E-state index in [-0.39, 0.29) is 0 Å². The number of nitrogens with zero attached hydrogens (tertiary/aromatic N) is 3. The van der Waals surface area contributed by atoms with Gasteiger partial charge in [-0.2, -0.15) is 5.10 Å². The molecule has 2 aromatic carbocycles. The Kier molecular flexibility index (Phi) is 4.59. The van der Waals surface area contributed by atoms with Gasteiger partial charge in [0.1, 0.15) is 17.1 Å². The molecule has 0 spiro atoms. The quantitative estimate of drug-likeness (QED) is 0.421. The summed E-state index contributed by atoms with van der Waals surface area (Å²) in [7, 11) is 4.73. The van der Waals surface area contributed by atoms with Crippen LogP contribution in [0.5, 0.6) is 17.2 Å². The summed E-state index contributed by atoms with van der Waals surface area (Å²) >= 11 is 0. The minimum absolute atomic E-state index is 0.533. The molecule has 8 heteroatoms. The number of rotatable bonds is 6. The zero-order valence-corrected chi connectivity index (χ0v) is 17.2. The fraction of sp³-hybridized carbons (Fsp3) is 0.130. The highest BCUT2D eigenvalue weighted by Crippen LogP contribution is 2.40. The minimum atomic E-state index is 0.533. The Bertz CT molecular complexity index is 1330. The van der Waals surface area contributed by atoms with E-state index in [0.717, 1.165) is 16.7 Å². The normalized spacial score (nSPS) is 11.1. The molecule has 3 heterocycles. The molecule has 1 N–H and O–H groups in total. The molecule has 0 aliphatic rings. The highest BCUT2D eigenvalue weighted by atomic mass is 16.5. The second-order valence-corrected chi connectivity index (χ2v) is 6.83. The molecule has 3 aromatic heterocycles. The second kappa shape index (κ2) is 7.56. The molecular weight excluding hydrogens is 396 g/mol. The zero-order chi connectivity index (χ0) is 21.4. The van der Waals surface area contributed by atoms with Crippen molar-refractivity contribution in [3.63, 3.8) is 0 Å². The van der Waals surface area contributed by atoms with E-state index >= 15 is 0 Å². The third kappa shape index (κ3) is 3.38. The smallest absolute Gasteiger partial charge is 0.203 e. The first-order chi connectivity index (χ1) is 15.2. The van der Waals surface area contributed by atoms with Gasteiger partial charge in [0.2, 0.25) is 5.75 Å². The Balaban J connectivity index is 1.48. The van der Waals surface area contributed by atoms with E-state index in [1.165, 1.54) is 0 Å². The van der Waals surface area contributed by atoms with Crippen molar-refractivity contribution < 1.29 is 18.6 Å². The van der Waals surface area contributed by atoms with E-state index in [1.807, 2.05) is 60.8 Å². The van der Waals surface area contributed by atoms with Crippen molar-refractivity contribution in [2.75, 3.05) is 26.6 Å². The molecule has 156 valence electrons. The molecule has 0 amide bonds. The number of hydrogen-bond acceptors (Lipinski definition) is 7. The van der Waals surface area contributed by atoms with Crippen LogP contribution in [0.1, 0.15) is 0 Å². The first-order valence-corrected chi connectivity index (χ1v) is 9.61. The van der Waals surface area contributed by atoms with Crippen LogP contribution in [0.3, 0.4) is 0 Å². The molecule has 0 saturated carbocycles. The number of aromatic nitrogens is 3. The average Bonchev–Trinajstić information content (AvgIpc) is 3.42. The van der Waals surface area contributed by atoms with Gasteiger partial charge >= 0.3 is 0 Å². The van der Waals surface area contributed by atoms with E-state index in [9.17, 15) is 0 Å². The lowest BCUT2D eigenvalue weighted by atomic mass is 10.2. The van der Waals surface area contributed by atoms with Crippen LogP contribution in [0.15, 0.2) is 65.2 Å². The molecule has 0 aliphatic heterocycles. The maximum atomic E-state index is 5.92. The fourth-order valence-electron chi connectivity index (χ4n) is 3.48. The topological polar surface area (TPSA) is 83.1 Å². The Morgan fingerprint density at radius 1 is 0.903 bits per heavy atom. The van der Waals surface area contributed by atoms with Gasteiger partial charge in [-0.05, 0) is 18.2 Å². The van der Waals surface area contributed by atoms with Crippen LogP contribution in [-0.2, 0) is 0 Å². The van der Waals surface area contributed by atoms with Crippen LogP contribution in [0.25, 0.3) is 28.1 Å². The first kappa shape index (κ1) is 18.8. The van der Waals surface area contributed by atoms with E-state index in [4.69, 9.17) is 18.6 Å². The van der Waals surface area contributed by atoms with E-state index < -0.39 is 0 Å². The standard InChI is InChI=1S/C23H20N4O4/c1-28-19-11-15(12-20(29-2)23(19)30-3)24-21-8-9-27-22(25-21)13-16(26-27)18-10-14-6-4-5-7-17(14)31-18/h4-13H,1-3H3,(H,24,25). The Labute approximate surface area is 178 Å². The number of methoxy groups -OCH3 is 3. The van der Waals surface area contributed by atoms with Crippen molar-refractivity contribution in [3.8, 4) is 28.7 Å². The molecule has 0 unspecified atom stereocenters. The monoisotopic (exact) mass is 416 g/mol. The van der Waals surface area contributed by atoms with Crippen molar-refractivity contribution in [1.29, 1.82) is 0 Å². The summed E-state index contributed by atoms with van der Waals surface area (Å²) < 4.78 is 23.8. The predicted octanol–water partition coefficient (Wildman–Crippen LogP) is 4.91. The maximum absolute atomic E-state index is 5.92. The Hall–Kier alpha value is -4.20. The fourth-order valence-corrected chi connectivity index (χ4v) is 3.48. The van der Waals surface area contributed by atoms with Crippen molar-refractivity contribution in [2.24, 2.45) is 0 Å². The molecule has 5 aromatic rings. The molecule has 0 radical (unpaired) electrons. The molecule has 5 rings (SSSR count). The molecule has 8 nitrogen and oxygen atoms in total. The molecule has 0 fully saturated rings. The van der Waals surface area contributed by atoms with Crippen molar-refractivity contribution in [3.05, 3.63) is 60.8 Å². The Morgan fingerprint density at radius 2 is 1.68 bits per heavy atom. The summed E-state index contributed by atoms with van der Waals surface area (Å²) in [5.41, 5.74) is 2.98. The van der Waals surface area contributed by atoms with Crippen molar-refractivity contribution >= 4 is 28.1 Å². The highest BCUT2D eigenvalue weighted by Gasteiger charge is 2.15. The highest BCUT2D eigenvalue weighted by molar-refractivity contribution is 5.82. The lowest BCUT2D eigenvalue weighted by Crippen LogP contribution is -2.00. The number of hydrogen-bond donors (Lipinski definition) is 1. The molecule has 0 bridgehead atoms. The predicted molar refractivity (Wildman–Crippen MR) is 118 cm³/mol. The van der Waals surface area contributed by atoms with Crippen molar-refractivity contribution in [2.45, 2.75) is 0 Å². The maximum Gasteiger partial charge on any atom is 0.203 e. The summed E-state index contributed by atoms with van der Waals surface area (Å²) in [5.74, 6) is 3.00. The van der Waals surface area contributed by atoms with Crippen LogP contribution in [0, 0.1) is 0 Å². The van der Waals surface area contributed by atoms with Gasteiger partial charge in [-0.25, -0.2) is 9.50 Å². The molecule has 0 saturated heterocycles. The van der Waals surface area contributed by atoms with Crippen LogP contribution in [0.4, 0.5) is 11.5 Å². The van der Waals surface area contributed by atoms with Crippen LogP contribution in [-0.4, -0.2) is 35.9 Å². The number of benzene rings is 2. The number of para-hydroxylation sites is 1. The van der Waals surface area contributed by atoms with Crippen LogP contribution >= 0.6 is 0 Å². The lowest BCUT2D eigenvalue weighted by molar-refractivity contribution is 0.324. The van der Waals surface area contributed by atoms with E-state index in [0.29, 0.717) is 40.2 Å². The number of fused-ring (bicyclic) bond motifs is 2. The summed E-state index contributed by atoms with van der Waals surface area (Å²) in [5, 5.41) is 8.89. The minimum Gasteiger partial charge on any atom is -0.493 e. The number of nitrogens with one attached hydrogen (secondary N) is 1. The second-order valence-electron chi connectivity index (χ2n) is 6.83. The SMILES string of the molecule is COc1cc(Nc2ccn3nc(-c4cc5ccccc5o4)cc3n2)cc(OC)c1OC. The largest absolute Gasteiger partial charge is 0.493 e. The number of furan rings is 1. The average molecular weight is 416 g/mol. The lowest BCUT2D eigenvalue weighted by Gasteiger charge is -2.14. The van der Waals surface area contributed by atoms with Gasteiger partial charge in [0.05, 0.1) is 21.3 Å².